The van der Waals surface area contributed by atoms with E-state index in [2.05, 4.69) is 10.2 Å². The normalized spacial score (nSPS) is 15.0. The number of aromatic nitrogens is 2. The Morgan fingerprint density at radius 1 is 1.05 bits per heavy atom. The number of rotatable bonds is 3. The van der Waals surface area contributed by atoms with Crippen LogP contribution in [0.25, 0.3) is 0 Å². The molecule has 7 nitrogen and oxygen atoms in total. The number of hydrogen-bond donors (Lipinski definition) is 1. The van der Waals surface area contributed by atoms with Crippen molar-refractivity contribution in [3.8, 4) is 5.88 Å². The molecule has 1 aliphatic heterocycles. The summed E-state index contributed by atoms with van der Waals surface area (Å²) in [4.78, 5) is 36.4. The second-order valence-corrected chi connectivity index (χ2v) is 4.50. The number of carbonyl (C=O) groups is 2. The van der Waals surface area contributed by atoms with Crippen molar-refractivity contribution in [2.45, 2.75) is 13.2 Å². The van der Waals surface area contributed by atoms with Crippen LogP contribution >= 0.6 is 0 Å². The maximum absolute atomic E-state index is 12.2. The van der Waals surface area contributed by atoms with E-state index in [-0.39, 0.29) is 11.4 Å². The summed E-state index contributed by atoms with van der Waals surface area (Å²) < 4.78 is 5.43. The van der Waals surface area contributed by atoms with Crippen LogP contribution in [0.5, 0.6) is 5.88 Å². The molecule has 1 atom stereocenters. The van der Waals surface area contributed by atoms with Crippen LogP contribution < -0.4 is 10.3 Å². The molecule has 2 amide bonds. The number of benzene rings is 1. The van der Waals surface area contributed by atoms with Gasteiger partial charge in [-0.1, -0.05) is 12.1 Å². The van der Waals surface area contributed by atoms with E-state index >= 15 is 0 Å². The molecule has 0 spiro atoms. The lowest BCUT2D eigenvalue weighted by Crippen LogP contribution is -2.41. The first-order valence-corrected chi connectivity index (χ1v) is 6.27. The van der Waals surface area contributed by atoms with Gasteiger partial charge in [-0.25, -0.2) is 10.00 Å². The number of nitrogens with one attached hydrogen (secondary N) is 1. The largest absolute Gasteiger partial charge is 0.452 e. The molecule has 0 fully saturated rings. The SMILES string of the molecule is CC(Oc1ccc(=O)[nH]n1)N1C(=O)c2ccccc2C1=O. The topological polar surface area (TPSA) is 92.4 Å². The molecule has 0 aliphatic carbocycles. The first-order valence-electron chi connectivity index (χ1n) is 6.27. The molecule has 3 rings (SSSR count). The zero-order valence-electron chi connectivity index (χ0n) is 11.1. The molecule has 1 aromatic carbocycles. The summed E-state index contributed by atoms with van der Waals surface area (Å²) in [7, 11) is 0. The van der Waals surface area contributed by atoms with Gasteiger partial charge in [0.2, 0.25) is 5.88 Å². The number of hydrogen-bond acceptors (Lipinski definition) is 5. The van der Waals surface area contributed by atoms with Gasteiger partial charge in [-0.2, -0.15) is 0 Å². The lowest BCUT2D eigenvalue weighted by Gasteiger charge is -2.22. The number of amides is 2. The summed E-state index contributed by atoms with van der Waals surface area (Å²) in [6.45, 7) is 1.56. The Labute approximate surface area is 119 Å². The Morgan fingerprint density at radius 2 is 1.67 bits per heavy atom. The van der Waals surface area contributed by atoms with Crippen LogP contribution in [0.15, 0.2) is 41.2 Å². The average molecular weight is 285 g/mol. The van der Waals surface area contributed by atoms with Crippen LogP contribution in [0.4, 0.5) is 0 Å². The fraction of sp³-hybridized carbons (Fsp3) is 0.143. The fourth-order valence-corrected chi connectivity index (χ4v) is 2.16. The molecule has 1 aromatic heterocycles. The molecule has 21 heavy (non-hydrogen) atoms. The van der Waals surface area contributed by atoms with Gasteiger partial charge in [-0.15, -0.1) is 5.10 Å². The predicted molar refractivity (Wildman–Crippen MR) is 71.9 cm³/mol. The molecule has 7 heteroatoms. The van der Waals surface area contributed by atoms with Crippen molar-refractivity contribution in [2.75, 3.05) is 0 Å². The number of imide groups is 1. The molecule has 1 unspecified atom stereocenters. The quantitative estimate of drug-likeness (QED) is 0.842. The first kappa shape index (κ1) is 13.0. The molecule has 2 aromatic rings. The molecule has 0 saturated heterocycles. The van der Waals surface area contributed by atoms with Crippen molar-refractivity contribution in [1.82, 2.24) is 15.1 Å². The van der Waals surface area contributed by atoms with Crippen LogP contribution in [0, 0.1) is 0 Å². The number of ether oxygens (including phenoxy) is 1. The minimum absolute atomic E-state index is 0.124. The van der Waals surface area contributed by atoms with Gasteiger partial charge in [0.15, 0.2) is 6.23 Å². The van der Waals surface area contributed by atoms with Crippen molar-refractivity contribution in [1.29, 1.82) is 0 Å². The molecular formula is C14H11N3O4. The maximum Gasteiger partial charge on any atom is 0.264 e. The predicted octanol–water partition coefficient (Wildman–Crippen LogP) is 0.791. The van der Waals surface area contributed by atoms with Gasteiger partial charge in [0, 0.05) is 12.1 Å². The standard InChI is InChI=1S/C14H11N3O4/c1-8(21-12-7-6-11(18)15-16-12)17-13(19)9-4-2-3-5-10(9)14(17)20/h2-8H,1H3,(H,15,18). The Balaban J connectivity index is 1.85. The van der Waals surface area contributed by atoms with E-state index in [1.165, 1.54) is 12.1 Å². The second kappa shape index (κ2) is 4.86. The molecule has 0 bridgehead atoms. The molecular weight excluding hydrogens is 274 g/mol. The highest BCUT2D eigenvalue weighted by Gasteiger charge is 2.39. The van der Waals surface area contributed by atoms with Gasteiger partial charge in [0.1, 0.15) is 0 Å². The third kappa shape index (κ3) is 2.18. The summed E-state index contributed by atoms with van der Waals surface area (Å²) in [5.41, 5.74) is 0.343. The number of H-pyrrole nitrogens is 1. The summed E-state index contributed by atoms with van der Waals surface area (Å²) in [5.74, 6) is -0.696. The third-order valence-corrected chi connectivity index (χ3v) is 3.13. The van der Waals surface area contributed by atoms with Gasteiger partial charge in [0.25, 0.3) is 17.4 Å². The molecule has 0 saturated carbocycles. The first-order chi connectivity index (χ1) is 10.1. The van der Waals surface area contributed by atoms with Gasteiger partial charge in [0.05, 0.1) is 11.1 Å². The van der Waals surface area contributed by atoms with Gasteiger partial charge < -0.3 is 4.74 Å². The van der Waals surface area contributed by atoms with E-state index in [4.69, 9.17) is 4.74 Å². The minimum atomic E-state index is -0.837. The van der Waals surface area contributed by atoms with Crippen molar-refractivity contribution in [3.63, 3.8) is 0 Å². The van der Waals surface area contributed by atoms with E-state index in [0.717, 1.165) is 4.90 Å². The summed E-state index contributed by atoms with van der Waals surface area (Å²) in [5, 5.41) is 5.90. The van der Waals surface area contributed by atoms with Crippen LogP contribution in [0.1, 0.15) is 27.6 Å². The number of nitrogens with zero attached hydrogens (tertiary/aromatic N) is 2. The highest BCUT2D eigenvalue weighted by molar-refractivity contribution is 6.21. The smallest absolute Gasteiger partial charge is 0.264 e. The molecule has 0 radical (unpaired) electrons. The monoisotopic (exact) mass is 285 g/mol. The third-order valence-electron chi connectivity index (χ3n) is 3.13. The zero-order chi connectivity index (χ0) is 15.0. The second-order valence-electron chi connectivity index (χ2n) is 4.50. The minimum Gasteiger partial charge on any atom is -0.452 e. The van der Waals surface area contributed by atoms with Crippen molar-refractivity contribution in [2.24, 2.45) is 0 Å². The van der Waals surface area contributed by atoms with Crippen LogP contribution in [0.2, 0.25) is 0 Å². The average Bonchev–Trinajstić information content (AvgIpc) is 2.74. The summed E-state index contributed by atoms with van der Waals surface area (Å²) in [6.07, 6.45) is -0.837. The van der Waals surface area contributed by atoms with Crippen LogP contribution in [-0.4, -0.2) is 33.1 Å². The number of aromatic amines is 1. The highest BCUT2D eigenvalue weighted by atomic mass is 16.5. The van der Waals surface area contributed by atoms with Crippen LogP contribution in [0.3, 0.4) is 0 Å². The van der Waals surface area contributed by atoms with E-state index in [0.29, 0.717) is 11.1 Å². The van der Waals surface area contributed by atoms with Gasteiger partial charge in [-0.3, -0.25) is 14.4 Å². The van der Waals surface area contributed by atoms with Crippen LogP contribution in [-0.2, 0) is 0 Å². The number of carbonyl (C=O) groups excluding carboxylic acids is 2. The zero-order valence-corrected chi connectivity index (χ0v) is 11.1. The Bertz CT molecular complexity index is 728. The van der Waals surface area contributed by atoms with Crippen molar-refractivity contribution >= 4 is 11.8 Å². The molecule has 106 valence electrons. The van der Waals surface area contributed by atoms with E-state index in [1.54, 1.807) is 31.2 Å². The van der Waals surface area contributed by atoms with Gasteiger partial charge in [-0.05, 0) is 19.1 Å². The van der Waals surface area contributed by atoms with E-state index < -0.39 is 18.0 Å². The molecule has 1 N–H and O–H groups in total. The van der Waals surface area contributed by atoms with Crippen molar-refractivity contribution in [3.05, 3.63) is 57.9 Å². The van der Waals surface area contributed by atoms with E-state index in [1.807, 2.05) is 0 Å². The number of fused-ring (bicyclic) bond motifs is 1. The Hall–Kier alpha value is -2.96. The van der Waals surface area contributed by atoms with Gasteiger partial charge >= 0.3 is 0 Å². The molecule has 2 heterocycles. The highest BCUT2D eigenvalue weighted by Crippen LogP contribution is 2.25. The molecule has 1 aliphatic rings. The summed E-state index contributed by atoms with van der Waals surface area (Å²) in [6, 6.07) is 9.21. The maximum atomic E-state index is 12.2. The van der Waals surface area contributed by atoms with E-state index in [9.17, 15) is 14.4 Å². The Kier molecular flexibility index (Phi) is 3.02. The fourth-order valence-electron chi connectivity index (χ4n) is 2.16. The Morgan fingerprint density at radius 3 is 2.19 bits per heavy atom. The van der Waals surface area contributed by atoms with Crippen molar-refractivity contribution < 1.29 is 14.3 Å². The lowest BCUT2D eigenvalue weighted by molar-refractivity contribution is 0.0282. The summed E-state index contributed by atoms with van der Waals surface area (Å²) >= 11 is 0. The lowest BCUT2D eigenvalue weighted by atomic mass is 10.1.